The molecule has 0 aliphatic carbocycles. The summed E-state index contributed by atoms with van der Waals surface area (Å²) < 4.78 is 5.54. The lowest BCUT2D eigenvalue weighted by atomic mass is 9.93. The Kier molecular flexibility index (Phi) is 14.0. The van der Waals surface area contributed by atoms with Crippen LogP contribution in [0.1, 0.15) is 98.3 Å². The Hall–Kier alpha value is -0.530. The van der Waals surface area contributed by atoms with Gasteiger partial charge < -0.3 is 4.74 Å². The summed E-state index contributed by atoms with van der Waals surface area (Å²) in [6.07, 6.45) is 12.7. The number of unbranched alkanes of at least 4 members (excludes halogenated alkanes) is 3. The van der Waals surface area contributed by atoms with Crippen LogP contribution in [0, 0.1) is 11.8 Å². The van der Waals surface area contributed by atoms with E-state index in [9.17, 15) is 4.79 Å². The van der Waals surface area contributed by atoms with E-state index in [0.29, 0.717) is 24.9 Å². The van der Waals surface area contributed by atoms with Gasteiger partial charge in [-0.2, -0.15) is 0 Å². The maximum Gasteiger partial charge on any atom is 0.306 e. The smallest absolute Gasteiger partial charge is 0.306 e. The molecule has 0 aromatic carbocycles. The van der Waals surface area contributed by atoms with E-state index in [1.807, 2.05) is 0 Å². The van der Waals surface area contributed by atoms with Crippen molar-refractivity contribution in [2.24, 2.45) is 11.8 Å². The van der Waals surface area contributed by atoms with Crippen LogP contribution in [-0.2, 0) is 9.53 Å². The first-order valence-electron chi connectivity index (χ1n) is 9.33. The summed E-state index contributed by atoms with van der Waals surface area (Å²) in [6.45, 7) is 9.46. The second kappa shape index (κ2) is 14.4. The van der Waals surface area contributed by atoms with Gasteiger partial charge in [-0.3, -0.25) is 4.79 Å². The lowest BCUT2D eigenvalue weighted by Gasteiger charge is -2.18. The molecule has 0 spiro atoms. The minimum Gasteiger partial charge on any atom is -0.465 e. The van der Waals surface area contributed by atoms with E-state index in [1.165, 1.54) is 44.9 Å². The third kappa shape index (κ3) is 11.8. The largest absolute Gasteiger partial charge is 0.465 e. The maximum absolute atomic E-state index is 12.0. The average Bonchev–Trinajstić information content (AvgIpc) is 2.48. The standard InChI is InChI=1S/C19H38O2/c1-5-9-11-14-18(12-7-3)15-19(20)21-16-17(8-4)13-10-6-2/h17-18H,5-16H2,1-4H3. The van der Waals surface area contributed by atoms with Crippen LogP contribution >= 0.6 is 0 Å². The molecule has 126 valence electrons. The third-order valence-electron chi connectivity index (χ3n) is 4.39. The number of carbonyl (C=O) groups is 1. The van der Waals surface area contributed by atoms with Gasteiger partial charge in [0.15, 0.2) is 0 Å². The highest BCUT2D eigenvalue weighted by Crippen LogP contribution is 2.20. The quantitative estimate of drug-likeness (QED) is 0.285. The molecule has 2 atom stereocenters. The number of hydrogen-bond acceptors (Lipinski definition) is 2. The predicted molar refractivity (Wildman–Crippen MR) is 91.4 cm³/mol. The lowest BCUT2D eigenvalue weighted by molar-refractivity contribution is -0.146. The zero-order chi connectivity index (χ0) is 15.9. The van der Waals surface area contributed by atoms with Crippen LogP contribution < -0.4 is 0 Å². The fourth-order valence-corrected chi connectivity index (χ4v) is 2.84. The highest BCUT2D eigenvalue weighted by molar-refractivity contribution is 5.69. The van der Waals surface area contributed by atoms with Crippen molar-refractivity contribution in [3.63, 3.8) is 0 Å². The van der Waals surface area contributed by atoms with Crippen LogP contribution in [0.25, 0.3) is 0 Å². The van der Waals surface area contributed by atoms with Gasteiger partial charge in [0, 0.05) is 6.42 Å². The Morgan fingerprint density at radius 3 is 2.05 bits per heavy atom. The Labute approximate surface area is 133 Å². The van der Waals surface area contributed by atoms with E-state index in [1.54, 1.807) is 0 Å². The van der Waals surface area contributed by atoms with Crippen LogP contribution in [0.2, 0.25) is 0 Å². The minimum atomic E-state index is 0.0277. The fourth-order valence-electron chi connectivity index (χ4n) is 2.84. The number of hydrogen-bond donors (Lipinski definition) is 0. The van der Waals surface area contributed by atoms with Gasteiger partial charge in [0.25, 0.3) is 0 Å². The second-order valence-corrected chi connectivity index (χ2v) is 6.45. The van der Waals surface area contributed by atoms with E-state index in [0.717, 1.165) is 19.3 Å². The first kappa shape index (κ1) is 20.5. The SMILES string of the molecule is CCCCCC(CCC)CC(=O)OCC(CC)CCCC. The van der Waals surface area contributed by atoms with Gasteiger partial charge in [0.05, 0.1) is 6.61 Å². The van der Waals surface area contributed by atoms with E-state index < -0.39 is 0 Å². The summed E-state index contributed by atoms with van der Waals surface area (Å²) in [5.41, 5.74) is 0. The number of ether oxygens (including phenoxy) is 1. The second-order valence-electron chi connectivity index (χ2n) is 6.45. The normalized spacial score (nSPS) is 13.9. The third-order valence-corrected chi connectivity index (χ3v) is 4.39. The van der Waals surface area contributed by atoms with Gasteiger partial charge in [-0.15, -0.1) is 0 Å². The molecule has 0 saturated carbocycles. The summed E-state index contributed by atoms with van der Waals surface area (Å²) in [5.74, 6) is 1.11. The molecule has 0 rings (SSSR count). The Bertz CT molecular complexity index is 238. The summed E-state index contributed by atoms with van der Waals surface area (Å²) in [6, 6.07) is 0. The summed E-state index contributed by atoms with van der Waals surface area (Å²) in [5, 5.41) is 0. The van der Waals surface area contributed by atoms with E-state index >= 15 is 0 Å². The molecule has 0 aromatic rings. The Morgan fingerprint density at radius 1 is 0.810 bits per heavy atom. The van der Waals surface area contributed by atoms with Gasteiger partial charge in [-0.25, -0.2) is 0 Å². The van der Waals surface area contributed by atoms with Crippen LogP contribution in [0.5, 0.6) is 0 Å². The average molecular weight is 299 g/mol. The number of rotatable bonds is 14. The van der Waals surface area contributed by atoms with Crippen molar-refractivity contribution in [2.45, 2.75) is 98.3 Å². The van der Waals surface area contributed by atoms with Crippen LogP contribution in [0.3, 0.4) is 0 Å². The molecule has 0 saturated heterocycles. The van der Waals surface area contributed by atoms with Gasteiger partial charge in [0.1, 0.15) is 0 Å². The zero-order valence-corrected chi connectivity index (χ0v) is 15.0. The van der Waals surface area contributed by atoms with Crippen LogP contribution in [0.4, 0.5) is 0 Å². The Balaban J connectivity index is 3.99. The van der Waals surface area contributed by atoms with Crippen molar-refractivity contribution in [1.29, 1.82) is 0 Å². The summed E-state index contributed by atoms with van der Waals surface area (Å²) >= 11 is 0. The fraction of sp³-hybridized carbons (Fsp3) is 0.947. The molecule has 0 amide bonds. The van der Waals surface area contributed by atoms with Crippen LogP contribution in [0.15, 0.2) is 0 Å². The molecule has 21 heavy (non-hydrogen) atoms. The molecule has 0 N–H and O–H groups in total. The molecule has 0 radical (unpaired) electrons. The monoisotopic (exact) mass is 298 g/mol. The first-order chi connectivity index (χ1) is 10.2. The topological polar surface area (TPSA) is 26.3 Å². The molecule has 0 heterocycles. The number of esters is 1. The molecule has 0 fully saturated rings. The molecular formula is C19H38O2. The molecule has 2 unspecified atom stereocenters. The lowest BCUT2D eigenvalue weighted by Crippen LogP contribution is -2.17. The van der Waals surface area contributed by atoms with E-state index in [4.69, 9.17) is 4.74 Å². The van der Waals surface area contributed by atoms with Crippen molar-refractivity contribution < 1.29 is 9.53 Å². The van der Waals surface area contributed by atoms with Gasteiger partial charge in [-0.05, 0) is 24.7 Å². The molecule has 0 aromatic heterocycles. The zero-order valence-electron chi connectivity index (χ0n) is 15.0. The maximum atomic E-state index is 12.0. The molecule has 2 heteroatoms. The highest BCUT2D eigenvalue weighted by Gasteiger charge is 2.15. The van der Waals surface area contributed by atoms with E-state index in [2.05, 4.69) is 27.7 Å². The predicted octanol–water partition coefficient (Wildman–Crippen LogP) is 6.13. The van der Waals surface area contributed by atoms with Gasteiger partial charge in [0.2, 0.25) is 0 Å². The summed E-state index contributed by atoms with van der Waals surface area (Å²) in [4.78, 5) is 12.0. The molecule has 0 bridgehead atoms. The minimum absolute atomic E-state index is 0.0277. The van der Waals surface area contributed by atoms with Crippen molar-refractivity contribution in [1.82, 2.24) is 0 Å². The van der Waals surface area contributed by atoms with Crippen molar-refractivity contribution >= 4 is 5.97 Å². The van der Waals surface area contributed by atoms with Crippen molar-refractivity contribution in [3.8, 4) is 0 Å². The van der Waals surface area contributed by atoms with Crippen LogP contribution in [-0.4, -0.2) is 12.6 Å². The van der Waals surface area contributed by atoms with Gasteiger partial charge in [-0.1, -0.05) is 79.1 Å². The molecule has 0 aliphatic heterocycles. The highest BCUT2D eigenvalue weighted by atomic mass is 16.5. The number of carbonyl (C=O) groups excluding carboxylic acids is 1. The van der Waals surface area contributed by atoms with Crippen molar-refractivity contribution in [2.75, 3.05) is 6.61 Å². The molecule has 0 aliphatic rings. The van der Waals surface area contributed by atoms with E-state index in [-0.39, 0.29) is 5.97 Å². The summed E-state index contributed by atoms with van der Waals surface area (Å²) in [7, 11) is 0. The molecular weight excluding hydrogens is 260 g/mol. The van der Waals surface area contributed by atoms with Gasteiger partial charge >= 0.3 is 5.97 Å². The first-order valence-corrected chi connectivity index (χ1v) is 9.33. The van der Waals surface area contributed by atoms with Crippen molar-refractivity contribution in [3.05, 3.63) is 0 Å². The Morgan fingerprint density at radius 2 is 1.48 bits per heavy atom. The molecule has 2 nitrogen and oxygen atoms in total.